The number of hydrogen-bond acceptors (Lipinski definition) is 8. The van der Waals surface area contributed by atoms with Crippen molar-refractivity contribution in [1.82, 2.24) is 15.0 Å². The van der Waals surface area contributed by atoms with E-state index in [9.17, 15) is 26.3 Å². The highest BCUT2D eigenvalue weighted by molar-refractivity contribution is 5.72. The molecule has 1 aliphatic heterocycles. The summed E-state index contributed by atoms with van der Waals surface area (Å²) in [5, 5.41) is 2.74. The zero-order valence-corrected chi connectivity index (χ0v) is 18.6. The van der Waals surface area contributed by atoms with Gasteiger partial charge in [-0.1, -0.05) is 12.1 Å². The van der Waals surface area contributed by atoms with E-state index in [4.69, 9.17) is 9.47 Å². The van der Waals surface area contributed by atoms with Crippen molar-refractivity contribution >= 4 is 17.5 Å². The first-order chi connectivity index (χ1) is 17.1. The van der Waals surface area contributed by atoms with E-state index in [-0.39, 0.29) is 42.2 Å². The maximum atomic E-state index is 14.5. The number of anilines is 3. The Morgan fingerprint density at radius 2 is 1.86 bits per heavy atom. The molecule has 0 aliphatic carbocycles. The van der Waals surface area contributed by atoms with Crippen LogP contribution in [0.5, 0.6) is 11.6 Å². The Labute approximate surface area is 200 Å². The highest BCUT2D eigenvalue weighted by atomic mass is 19.4. The summed E-state index contributed by atoms with van der Waals surface area (Å²) in [5.74, 6) is -1.23. The van der Waals surface area contributed by atoms with Gasteiger partial charge in [-0.2, -0.15) is 26.9 Å². The SMILES string of the molecule is COc1ncc(-c2ccc(OC(F)F)cc2)cc1Nc1nc(N2CCOC(C(F)(F)F)C2)ncc1F. The van der Waals surface area contributed by atoms with E-state index in [0.717, 1.165) is 6.20 Å². The van der Waals surface area contributed by atoms with Crippen LogP contribution in [-0.2, 0) is 4.74 Å². The molecular weight excluding hydrogens is 496 g/mol. The molecule has 14 heteroatoms. The fourth-order valence-electron chi connectivity index (χ4n) is 3.45. The van der Waals surface area contributed by atoms with Crippen molar-refractivity contribution < 1.29 is 40.6 Å². The molecule has 0 bridgehead atoms. The fourth-order valence-corrected chi connectivity index (χ4v) is 3.45. The summed E-state index contributed by atoms with van der Waals surface area (Å²) in [6.45, 7) is -3.61. The number of aromatic nitrogens is 3. The predicted molar refractivity (Wildman–Crippen MR) is 116 cm³/mol. The number of methoxy groups -OCH3 is 1. The third-order valence-electron chi connectivity index (χ3n) is 5.16. The summed E-state index contributed by atoms with van der Waals surface area (Å²) >= 11 is 0. The number of nitrogens with one attached hydrogen (secondary N) is 1. The van der Waals surface area contributed by atoms with E-state index in [2.05, 4.69) is 25.0 Å². The van der Waals surface area contributed by atoms with Crippen LogP contribution >= 0.6 is 0 Å². The monoisotopic (exact) mass is 515 g/mol. The van der Waals surface area contributed by atoms with Crippen LogP contribution in [0.15, 0.2) is 42.7 Å². The molecule has 1 atom stereocenters. The molecule has 1 unspecified atom stereocenters. The van der Waals surface area contributed by atoms with Gasteiger partial charge in [0, 0.05) is 18.3 Å². The van der Waals surface area contributed by atoms with Crippen LogP contribution in [0.4, 0.5) is 43.8 Å². The second-order valence-corrected chi connectivity index (χ2v) is 7.52. The van der Waals surface area contributed by atoms with Gasteiger partial charge < -0.3 is 24.4 Å². The van der Waals surface area contributed by atoms with Gasteiger partial charge in [0.1, 0.15) is 11.4 Å². The van der Waals surface area contributed by atoms with Gasteiger partial charge in [-0.3, -0.25) is 0 Å². The molecule has 1 aliphatic rings. The Kier molecular flexibility index (Phi) is 7.33. The Morgan fingerprint density at radius 3 is 2.53 bits per heavy atom. The highest BCUT2D eigenvalue weighted by Gasteiger charge is 2.44. The number of nitrogens with zero attached hydrogens (tertiary/aromatic N) is 4. The van der Waals surface area contributed by atoms with Crippen LogP contribution in [-0.4, -0.2) is 60.6 Å². The van der Waals surface area contributed by atoms with E-state index in [1.165, 1.54) is 42.5 Å². The van der Waals surface area contributed by atoms with Crippen LogP contribution < -0.4 is 19.7 Å². The molecule has 8 nitrogen and oxygen atoms in total. The van der Waals surface area contributed by atoms with Gasteiger partial charge in [0.25, 0.3) is 0 Å². The first kappa shape index (κ1) is 25.3. The van der Waals surface area contributed by atoms with Crippen molar-refractivity contribution in [3.05, 3.63) is 48.5 Å². The lowest BCUT2D eigenvalue weighted by molar-refractivity contribution is -0.221. The van der Waals surface area contributed by atoms with Crippen molar-refractivity contribution in [3.63, 3.8) is 0 Å². The Bertz CT molecular complexity index is 1200. The van der Waals surface area contributed by atoms with Gasteiger partial charge in [0.05, 0.1) is 26.5 Å². The molecule has 1 fully saturated rings. The predicted octanol–water partition coefficient (Wildman–Crippen LogP) is 4.80. The van der Waals surface area contributed by atoms with Gasteiger partial charge in [0.15, 0.2) is 17.7 Å². The second-order valence-electron chi connectivity index (χ2n) is 7.52. The number of halogens is 6. The van der Waals surface area contributed by atoms with E-state index in [0.29, 0.717) is 11.1 Å². The molecule has 36 heavy (non-hydrogen) atoms. The lowest BCUT2D eigenvalue weighted by Gasteiger charge is -2.33. The number of alkyl halides is 5. The first-order valence-electron chi connectivity index (χ1n) is 10.5. The third kappa shape index (κ3) is 5.87. The van der Waals surface area contributed by atoms with Crippen molar-refractivity contribution in [2.45, 2.75) is 18.9 Å². The molecule has 1 saturated heterocycles. The summed E-state index contributed by atoms with van der Waals surface area (Å²) in [6, 6.07) is 7.33. The zero-order valence-electron chi connectivity index (χ0n) is 18.6. The number of morpholine rings is 1. The number of rotatable bonds is 7. The van der Waals surface area contributed by atoms with Gasteiger partial charge in [-0.05, 0) is 23.8 Å². The average molecular weight is 515 g/mol. The van der Waals surface area contributed by atoms with E-state index >= 15 is 0 Å². The van der Waals surface area contributed by atoms with Crippen LogP contribution in [0.2, 0.25) is 0 Å². The van der Waals surface area contributed by atoms with Gasteiger partial charge >= 0.3 is 12.8 Å². The van der Waals surface area contributed by atoms with Crippen molar-refractivity contribution in [2.24, 2.45) is 0 Å². The summed E-state index contributed by atoms with van der Waals surface area (Å²) < 4.78 is 92.9. The summed E-state index contributed by atoms with van der Waals surface area (Å²) in [5.41, 5.74) is 1.31. The Morgan fingerprint density at radius 1 is 1.11 bits per heavy atom. The topological polar surface area (TPSA) is 81.6 Å². The normalized spacial score (nSPS) is 16.2. The standard InChI is InChI=1S/C22H19F6N5O3/c1-34-19-16(8-13(9-29-19)12-2-4-14(5-3-12)36-20(24)25)31-18-15(23)10-30-21(32-18)33-6-7-35-17(11-33)22(26,27)28/h2-5,8-10,17,20H,6-7,11H2,1H3,(H,30,31,32). The van der Waals surface area contributed by atoms with Crippen molar-refractivity contribution in [1.29, 1.82) is 0 Å². The zero-order chi connectivity index (χ0) is 25.9. The highest BCUT2D eigenvalue weighted by Crippen LogP contribution is 2.33. The van der Waals surface area contributed by atoms with E-state index in [1.54, 1.807) is 6.07 Å². The van der Waals surface area contributed by atoms with E-state index in [1.807, 2.05) is 0 Å². The lowest BCUT2D eigenvalue weighted by Crippen LogP contribution is -2.49. The number of hydrogen-bond donors (Lipinski definition) is 1. The minimum atomic E-state index is -4.57. The van der Waals surface area contributed by atoms with Crippen molar-refractivity contribution in [3.8, 4) is 22.8 Å². The molecule has 3 heterocycles. The van der Waals surface area contributed by atoms with Crippen LogP contribution in [0, 0.1) is 5.82 Å². The quantitative estimate of drug-likeness (QED) is 0.450. The number of ether oxygens (including phenoxy) is 3. The molecule has 0 spiro atoms. The minimum absolute atomic E-state index is 0.0277. The molecular formula is C22H19F6N5O3. The maximum Gasteiger partial charge on any atom is 0.416 e. The summed E-state index contributed by atoms with van der Waals surface area (Å²) in [4.78, 5) is 13.3. The number of pyridine rings is 1. The van der Waals surface area contributed by atoms with Crippen molar-refractivity contribution in [2.75, 3.05) is 37.0 Å². The summed E-state index contributed by atoms with van der Waals surface area (Å²) in [7, 11) is 1.34. The molecule has 2 aromatic heterocycles. The molecule has 4 rings (SSSR count). The third-order valence-corrected chi connectivity index (χ3v) is 5.16. The molecule has 0 radical (unpaired) electrons. The minimum Gasteiger partial charge on any atom is -0.480 e. The van der Waals surface area contributed by atoms with Gasteiger partial charge in [-0.25, -0.2) is 14.4 Å². The van der Waals surface area contributed by atoms with Gasteiger partial charge in [0.2, 0.25) is 11.8 Å². The van der Waals surface area contributed by atoms with Crippen LogP contribution in [0.3, 0.4) is 0 Å². The molecule has 192 valence electrons. The molecule has 0 saturated carbocycles. The number of benzene rings is 1. The largest absolute Gasteiger partial charge is 0.480 e. The molecule has 1 N–H and O–H groups in total. The lowest BCUT2D eigenvalue weighted by atomic mass is 10.1. The Hall–Kier alpha value is -3.81. The van der Waals surface area contributed by atoms with Crippen LogP contribution in [0.25, 0.3) is 11.1 Å². The Balaban J connectivity index is 1.59. The second kappa shape index (κ2) is 10.4. The van der Waals surface area contributed by atoms with Gasteiger partial charge in [-0.15, -0.1) is 0 Å². The smallest absolute Gasteiger partial charge is 0.416 e. The molecule has 3 aromatic rings. The fraction of sp³-hybridized carbons (Fsp3) is 0.318. The van der Waals surface area contributed by atoms with E-state index < -0.39 is 31.3 Å². The van der Waals surface area contributed by atoms with Crippen LogP contribution in [0.1, 0.15) is 0 Å². The first-order valence-corrected chi connectivity index (χ1v) is 10.5. The maximum absolute atomic E-state index is 14.5. The average Bonchev–Trinajstić information content (AvgIpc) is 2.85. The summed E-state index contributed by atoms with van der Waals surface area (Å²) in [6.07, 6.45) is -4.29. The molecule has 0 amide bonds. The molecule has 1 aromatic carbocycles.